The molecule has 1 aromatic rings. The molecule has 0 aromatic carbocycles. The third-order valence-electron chi connectivity index (χ3n) is 1.71. The molecule has 11 heteroatoms. The second-order valence-electron chi connectivity index (χ2n) is 3.26. The molecule has 0 aliphatic carbocycles. The van der Waals surface area contributed by atoms with Crippen LogP contribution >= 0.6 is 11.8 Å². The molecule has 0 N–H and O–H groups in total. The van der Waals surface area contributed by atoms with Crippen molar-refractivity contribution in [1.29, 1.82) is 0 Å². The fraction of sp³-hybridized carbons (Fsp3) is 0.444. The number of ether oxygens (including phenoxy) is 1. The van der Waals surface area contributed by atoms with Crippen LogP contribution in [0, 0.1) is 0 Å². The van der Waals surface area contributed by atoms with E-state index in [9.17, 15) is 35.1 Å². The van der Waals surface area contributed by atoms with Crippen LogP contribution in [0.5, 0.6) is 5.75 Å². The Morgan fingerprint density at radius 1 is 1.00 bits per heavy atom. The van der Waals surface area contributed by atoms with E-state index in [1.165, 1.54) is 0 Å². The molecule has 0 aliphatic heterocycles. The molecule has 0 spiro atoms. The molecule has 1 aromatic heterocycles. The molecule has 0 fully saturated rings. The summed E-state index contributed by atoms with van der Waals surface area (Å²) in [7, 11) is 0. The average Bonchev–Trinajstić information content (AvgIpc) is 2.30. The second-order valence-corrected chi connectivity index (χ2v) is 4.43. The molecule has 20 heavy (non-hydrogen) atoms. The average molecular weight is 327 g/mol. The molecule has 2 nitrogen and oxygen atoms in total. The monoisotopic (exact) mass is 327 g/mol. The number of rotatable bonds is 6. The summed E-state index contributed by atoms with van der Waals surface area (Å²) in [5.74, 6) is -0.819. The van der Waals surface area contributed by atoms with Crippen LogP contribution in [-0.2, 0) is 0 Å². The lowest BCUT2D eigenvalue weighted by atomic mass is 10.4. The Bertz CT molecular complexity index is 397. The van der Waals surface area contributed by atoms with Gasteiger partial charge in [0.2, 0.25) is 0 Å². The van der Waals surface area contributed by atoms with Crippen LogP contribution in [0.25, 0.3) is 0 Å². The van der Waals surface area contributed by atoms with Gasteiger partial charge in [0, 0.05) is 0 Å². The highest BCUT2D eigenvalue weighted by molar-refractivity contribution is 8.00. The van der Waals surface area contributed by atoms with Crippen molar-refractivity contribution in [3.05, 3.63) is 18.3 Å². The standard InChI is InChI=1S/C9H5F8NOS/c10-6(11)8(14,15)19-4-1-2-5(18-3-4)20-9(16,17)7(12)13/h1-3,6-7H. The maximum atomic E-state index is 12.6. The van der Waals surface area contributed by atoms with Gasteiger partial charge in [0.25, 0.3) is 0 Å². The van der Waals surface area contributed by atoms with Crippen LogP contribution in [-0.4, -0.2) is 29.2 Å². The van der Waals surface area contributed by atoms with Gasteiger partial charge in [0.05, 0.1) is 6.20 Å². The van der Waals surface area contributed by atoms with Gasteiger partial charge >= 0.3 is 24.2 Å². The first kappa shape index (κ1) is 16.8. The third kappa shape index (κ3) is 4.39. The van der Waals surface area contributed by atoms with Crippen molar-refractivity contribution in [1.82, 2.24) is 4.98 Å². The molecule has 114 valence electrons. The number of hydrogen-bond donors (Lipinski definition) is 0. The molecule has 0 radical (unpaired) electrons. The van der Waals surface area contributed by atoms with E-state index < -0.39 is 46.8 Å². The Balaban J connectivity index is 2.75. The maximum Gasteiger partial charge on any atom is 0.461 e. The zero-order chi connectivity index (χ0) is 15.6. The quantitative estimate of drug-likeness (QED) is 0.575. The van der Waals surface area contributed by atoms with E-state index in [0.29, 0.717) is 18.3 Å². The summed E-state index contributed by atoms with van der Waals surface area (Å²) in [5.41, 5.74) is 0. The van der Waals surface area contributed by atoms with Gasteiger partial charge in [-0.2, -0.15) is 26.3 Å². The summed E-state index contributed by atoms with van der Waals surface area (Å²) < 4.78 is 101. The fourth-order valence-electron chi connectivity index (χ4n) is 0.873. The van der Waals surface area contributed by atoms with E-state index in [0.717, 1.165) is 0 Å². The summed E-state index contributed by atoms with van der Waals surface area (Å²) in [6, 6.07) is 1.30. The normalized spacial score (nSPS) is 13.1. The topological polar surface area (TPSA) is 22.1 Å². The SMILES string of the molecule is FC(F)C(F)(F)Oc1ccc(SC(F)(F)C(F)F)nc1. The van der Waals surface area contributed by atoms with Gasteiger partial charge in [-0.15, -0.1) is 0 Å². The van der Waals surface area contributed by atoms with E-state index in [1.54, 1.807) is 0 Å². The molecule has 0 amide bonds. The van der Waals surface area contributed by atoms with Gasteiger partial charge in [-0.05, 0) is 23.9 Å². The Morgan fingerprint density at radius 3 is 2.00 bits per heavy atom. The Kier molecular flexibility index (Phi) is 5.05. The number of thioether (sulfide) groups is 1. The minimum absolute atomic E-state index is 0.445. The van der Waals surface area contributed by atoms with Gasteiger partial charge < -0.3 is 4.74 Å². The predicted molar refractivity (Wildman–Crippen MR) is 52.6 cm³/mol. The zero-order valence-corrected chi connectivity index (χ0v) is 9.99. The van der Waals surface area contributed by atoms with Crippen LogP contribution in [0.1, 0.15) is 0 Å². The number of hydrogen-bond acceptors (Lipinski definition) is 3. The van der Waals surface area contributed by atoms with Crippen LogP contribution in [0.4, 0.5) is 35.1 Å². The molecule has 0 atom stereocenters. The third-order valence-corrected chi connectivity index (χ3v) is 2.61. The summed E-state index contributed by atoms with van der Waals surface area (Å²) in [6.45, 7) is 0. The van der Waals surface area contributed by atoms with E-state index in [2.05, 4.69) is 9.72 Å². The number of halogens is 8. The molecule has 0 unspecified atom stereocenters. The fourth-order valence-corrected chi connectivity index (χ4v) is 1.48. The van der Waals surface area contributed by atoms with Crippen molar-refractivity contribution >= 4 is 11.8 Å². The van der Waals surface area contributed by atoms with Gasteiger partial charge in [0.1, 0.15) is 10.8 Å². The van der Waals surface area contributed by atoms with Gasteiger partial charge in [0.15, 0.2) is 0 Å². The van der Waals surface area contributed by atoms with E-state index in [-0.39, 0.29) is 0 Å². The van der Waals surface area contributed by atoms with Crippen molar-refractivity contribution in [2.24, 2.45) is 0 Å². The first-order valence-electron chi connectivity index (χ1n) is 4.70. The van der Waals surface area contributed by atoms with Gasteiger partial charge in [-0.25, -0.2) is 13.8 Å². The smallest absolute Gasteiger partial charge is 0.427 e. The van der Waals surface area contributed by atoms with Gasteiger partial charge in [-0.1, -0.05) is 0 Å². The van der Waals surface area contributed by atoms with Crippen molar-refractivity contribution in [3.63, 3.8) is 0 Å². The van der Waals surface area contributed by atoms with Crippen LogP contribution in [0.15, 0.2) is 23.4 Å². The van der Waals surface area contributed by atoms with Crippen LogP contribution in [0.3, 0.4) is 0 Å². The highest BCUT2D eigenvalue weighted by Gasteiger charge is 2.44. The predicted octanol–water partition coefficient (Wildman–Crippen LogP) is 4.27. The van der Waals surface area contributed by atoms with Crippen molar-refractivity contribution in [2.45, 2.75) is 29.2 Å². The Labute approximate surface area is 111 Å². The van der Waals surface area contributed by atoms with Crippen molar-refractivity contribution in [2.75, 3.05) is 0 Å². The lowest BCUT2D eigenvalue weighted by Crippen LogP contribution is -2.33. The molecule has 0 aliphatic rings. The largest absolute Gasteiger partial charge is 0.461 e. The zero-order valence-electron chi connectivity index (χ0n) is 9.17. The molecule has 0 bridgehead atoms. The number of pyridine rings is 1. The summed E-state index contributed by atoms with van der Waals surface area (Å²) in [6.07, 6.45) is -12.4. The molecule has 0 saturated carbocycles. The Hall–Kier alpha value is -1.26. The minimum atomic E-state index is -4.77. The van der Waals surface area contributed by atoms with Crippen molar-refractivity contribution in [3.8, 4) is 5.75 Å². The summed E-state index contributed by atoms with van der Waals surface area (Å²) in [5, 5.41) is -5.02. The highest BCUT2D eigenvalue weighted by Crippen LogP contribution is 2.40. The Morgan fingerprint density at radius 2 is 1.60 bits per heavy atom. The highest BCUT2D eigenvalue weighted by atomic mass is 32.2. The van der Waals surface area contributed by atoms with Gasteiger partial charge in [-0.3, -0.25) is 0 Å². The number of nitrogens with zero attached hydrogens (tertiary/aromatic N) is 1. The number of aromatic nitrogens is 1. The number of alkyl halides is 8. The molecule has 1 heterocycles. The molecular formula is C9H5F8NOS. The van der Waals surface area contributed by atoms with Crippen molar-refractivity contribution < 1.29 is 39.9 Å². The second kappa shape index (κ2) is 6.02. The van der Waals surface area contributed by atoms with Crippen LogP contribution < -0.4 is 4.74 Å². The first-order chi connectivity index (χ1) is 9.04. The maximum absolute atomic E-state index is 12.6. The lowest BCUT2D eigenvalue weighted by Gasteiger charge is -2.17. The first-order valence-corrected chi connectivity index (χ1v) is 5.52. The lowest BCUT2D eigenvalue weighted by molar-refractivity contribution is -0.253. The van der Waals surface area contributed by atoms with Crippen LogP contribution in [0.2, 0.25) is 0 Å². The molecule has 0 saturated heterocycles. The summed E-state index contributed by atoms with van der Waals surface area (Å²) >= 11 is -0.599. The summed E-state index contributed by atoms with van der Waals surface area (Å²) in [4.78, 5) is 3.14. The van der Waals surface area contributed by atoms with E-state index in [4.69, 9.17) is 0 Å². The van der Waals surface area contributed by atoms with E-state index >= 15 is 0 Å². The molecular weight excluding hydrogens is 322 g/mol. The van der Waals surface area contributed by atoms with E-state index in [1.807, 2.05) is 0 Å². The minimum Gasteiger partial charge on any atom is -0.427 e. The molecule has 1 rings (SSSR count).